The number of aromatic nitrogens is 3. The van der Waals surface area contributed by atoms with Gasteiger partial charge in [0, 0.05) is 22.7 Å². The second-order valence-corrected chi connectivity index (χ2v) is 7.56. The third-order valence-electron chi connectivity index (χ3n) is 4.26. The quantitative estimate of drug-likeness (QED) is 0.606. The number of benzene rings is 1. The smallest absolute Gasteiger partial charge is 0.319 e. The van der Waals surface area contributed by atoms with Crippen molar-refractivity contribution in [1.82, 2.24) is 25.4 Å². The molecule has 0 bridgehead atoms. The second kappa shape index (κ2) is 8.32. The van der Waals surface area contributed by atoms with Gasteiger partial charge in [0.1, 0.15) is 5.82 Å². The Morgan fingerprint density at radius 1 is 1.30 bits per heavy atom. The van der Waals surface area contributed by atoms with Crippen LogP contribution in [0.25, 0.3) is 11.4 Å². The van der Waals surface area contributed by atoms with Gasteiger partial charge < -0.3 is 15.5 Å². The van der Waals surface area contributed by atoms with E-state index in [0.29, 0.717) is 18.1 Å². The Labute approximate surface area is 162 Å². The molecule has 2 aromatic heterocycles. The molecule has 0 radical (unpaired) electrons. The van der Waals surface area contributed by atoms with Gasteiger partial charge in [-0.15, -0.1) is 11.3 Å². The molecule has 3 aromatic rings. The van der Waals surface area contributed by atoms with E-state index in [2.05, 4.69) is 49.1 Å². The molecule has 1 atom stereocenters. The number of aryl methyl sites for hydroxylation is 2. The summed E-state index contributed by atoms with van der Waals surface area (Å²) >= 11 is 1.71. The molecule has 0 aliphatic carbocycles. The molecule has 0 aliphatic heterocycles. The topological polar surface area (TPSA) is 85.9 Å². The molecule has 0 spiro atoms. The molecular formula is C19H24N6OS. The first-order valence-corrected chi connectivity index (χ1v) is 9.56. The van der Waals surface area contributed by atoms with Gasteiger partial charge in [0.15, 0.2) is 5.82 Å². The number of anilines is 1. The summed E-state index contributed by atoms with van der Waals surface area (Å²) in [5.41, 5.74) is 2.79. The summed E-state index contributed by atoms with van der Waals surface area (Å²) in [6.45, 7) is 4.47. The summed E-state index contributed by atoms with van der Waals surface area (Å²) in [4.78, 5) is 20.1. The zero-order chi connectivity index (χ0) is 19.4. The molecule has 8 heteroatoms. The number of carbonyl (C=O) groups excluding carboxylic acids is 1. The number of aromatic amines is 1. The average Bonchev–Trinajstić information content (AvgIpc) is 3.24. The highest BCUT2D eigenvalue weighted by molar-refractivity contribution is 7.10. The van der Waals surface area contributed by atoms with Crippen molar-refractivity contribution in [1.29, 1.82) is 0 Å². The van der Waals surface area contributed by atoms with Crippen LogP contribution in [0, 0.1) is 13.8 Å². The van der Waals surface area contributed by atoms with E-state index in [1.807, 2.05) is 45.3 Å². The summed E-state index contributed by atoms with van der Waals surface area (Å²) < 4.78 is 0. The van der Waals surface area contributed by atoms with E-state index < -0.39 is 0 Å². The minimum atomic E-state index is -0.237. The first kappa shape index (κ1) is 19.1. The van der Waals surface area contributed by atoms with Crippen molar-refractivity contribution in [2.75, 3.05) is 26.0 Å². The summed E-state index contributed by atoms with van der Waals surface area (Å²) in [6.07, 6.45) is 0. The predicted molar refractivity (Wildman–Crippen MR) is 109 cm³/mol. The fourth-order valence-corrected chi connectivity index (χ4v) is 3.93. The molecule has 2 heterocycles. The van der Waals surface area contributed by atoms with Crippen LogP contribution in [0.5, 0.6) is 0 Å². The molecule has 0 aliphatic rings. The van der Waals surface area contributed by atoms with E-state index in [1.54, 1.807) is 11.3 Å². The highest BCUT2D eigenvalue weighted by Crippen LogP contribution is 2.26. The fourth-order valence-electron chi connectivity index (χ4n) is 2.81. The molecule has 7 nitrogen and oxygen atoms in total. The van der Waals surface area contributed by atoms with Crippen LogP contribution in [-0.2, 0) is 0 Å². The van der Waals surface area contributed by atoms with Crippen molar-refractivity contribution in [3.8, 4) is 11.4 Å². The Balaban J connectivity index is 1.63. The Kier molecular flexibility index (Phi) is 5.88. The number of H-pyrrole nitrogens is 1. The van der Waals surface area contributed by atoms with Gasteiger partial charge in [-0.2, -0.15) is 5.10 Å². The first-order valence-electron chi connectivity index (χ1n) is 8.68. The number of carbonyl (C=O) groups is 1. The lowest BCUT2D eigenvalue weighted by atomic mass is 10.1. The van der Waals surface area contributed by atoms with Crippen LogP contribution in [0.2, 0.25) is 0 Å². The number of nitrogens with one attached hydrogen (secondary N) is 3. The van der Waals surface area contributed by atoms with Crippen molar-refractivity contribution in [3.63, 3.8) is 0 Å². The van der Waals surface area contributed by atoms with Crippen LogP contribution < -0.4 is 10.6 Å². The Bertz CT molecular complexity index is 916. The molecule has 142 valence electrons. The number of urea groups is 1. The minimum absolute atomic E-state index is 0.137. The van der Waals surface area contributed by atoms with Crippen LogP contribution in [0.1, 0.15) is 22.3 Å². The lowest BCUT2D eigenvalue weighted by Crippen LogP contribution is -2.36. The van der Waals surface area contributed by atoms with Crippen LogP contribution in [-0.4, -0.2) is 46.8 Å². The third kappa shape index (κ3) is 4.72. The number of hydrogen-bond acceptors (Lipinski definition) is 5. The number of amides is 2. The van der Waals surface area contributed by atoms with Gasteiger partial charge in [-0.1, -0.05) is 12.1 Å². The zero-order valence-electron chi connectivity index (χ0n) is 15.9. The molecule has 1 unspecified atom stereocenters. The van der Waals surface area contributed by atoms with Gasteiger partial charge in [-0.05, 0) is 57.1 Å². The second-order valence-electron chi connectivity index (χ2n) is 6.61. The van der Waals surface area contributed by atoms with Crippen molar-refractivity contribution in [2.45, 2.75) is 19.9 Å². The Morgan fingerprint density at radius 3 is 2.74 bits per heavy atom. The molecular weight excluding hydrogens is 360 g/mol. The zero-order valence-corrected chi connectivity index (χ0v) is 16.7. The third-order valence-corrected chi connectivity index (χ3v) is 5.38. The van der Waals surface area contributed by atoms with E-state index in [4.69, 9.17) is 0 Å². The van der Waals surface area contributed by atoms with Crippen molar-refractivity contribution in [3.05, 3.63) is 52.0 Å². The molecule has 0 saturated heterocycles. The summed E-state index contributed by atoms with van der Waals surface area (Å²) in [7, 11) is 4.04. The van der Waals surface area contributed by atoms with Gasteiger partial charge in [0.05, 0.1) is 6.04 Å². The molecule has 0 saturated carbocycles. The molecule has 1 aromatic carbocycles. The molecule has 2 amide bonds. The highest BCUT2D eigenvalue weighted by atomic mass is 32.1. The number of nitrogens with zero attached hydrogens (tertiary/aromatic N) is 3. The molecule has 3 rings (SSSR count). The molecule has 27 heavy (non-hydrogen) atoms. The number of likely N-dealkylation sites (N-methyl/N-ethyl adjacent to an activating group) is 1. The Morgan fingerprint density at radius 2 is 2.11 bits per heavy atom. The average molecular weight is 385 g/mol. The number of thiophene rings is 1. The van der Waals surface area contributed by atoms with E-state index in [-0.39, 0.29) is 12.1 Å². The van der Waals surface area contributed by atoms with Gasteiger partial charge in [0.2, 0.25) is 0 Å². The van der Waals surface area contributed by atoms with Gasteiger partial charge >= 0.3 is 6.03 Å². The molecule has 3 N–H and O–H groups in total. The molecule has 0 fully saturated rings. The van der Waals surface area contributed by atoms with E-state index >= 15 is 0 Å². The normalized spacial score (nSPS) is 12.2. The van der Waals surface area contributed by atoms with Crippen LogP contribution in [0.15, 0.2) is 35.7 Å². The van der Waals surface area contributed by atoms with E-state index in [1.165, 1.54) is 10.4 Å². The summed E-state index contributed by atoms with van der Waals surface area (Å²) in [5, 5.41) is 14.9. The van der Waals surface area contributed by atoms with Crippen molar-refractivity contribution < 1.29 is 4.79 Å². The van der Waals surface area contributed by atoms with E-state index in [0.717, 1.165) is 11.4 Å². The highest BCUT2D eigenvalue weighted by Gasteiger charge is 2.18. The minimum Gasteiger partial charge on any atom is -0.336 e. The first-order chi connectivity index (χ1) is 12.9. The van der Waals surface area contributed by atoms with Gasteiger partial charge in [-0.3, -0.25) is 5.10 Å². The van der Waals surface area contributed by atoms with Crippen LogP contribution in [0.4, 0.5) is 10.5 Å². The maximum absolute atomic E-state index is 12.4. The maximum Gasteiger partial charge on any atom is 0.319 e. The summed E-state index contributed by atoms with van der Waals surface area (Å²) in [5.74, 6) is 1.36. The maximum atomic E-state index is 12.4. The van der Waals surface area contributed by atoms with Crippen molar-refractivity contribution >= 4 is 23.1 Å². The SMILES string of the molecule is Cc1nc(-c2cccc(NC(=O)NCC(c3sccc3C)N(C)C)c2)n[nH]1. The van der Waals surface area contributed by atoms with E-state index in [9.17, 15) is 4.79 Å². The fraction of sp³-hybridized carbons (Fsp3) is 0.316. The van der Waals surface area contributed by atoms with Crippen molar-refractivity contribution in [2.24, 2.45) is 0 Å². The largest absolute Gasteiger partial charge is 0.336 e. The lowest BCUT2D eigenvalue weighted by Gasteiger charge is -2.24. The van der Waals surface area contributed by atoms with Crippen LogP contribution in [0.3, 0.4) is 0 Å². The van der Waals surface area contributed by atoms with Gasteiger partial charge in [-0.25, -0.2) is 9.78 Å². The lowest BCUT2D eigenvalue weighted by molar-refractivity contribution is 0.244. The predicted octanol–water partition coefficient (Wildman–Crippen LogP) is 3.57. The monoisotopic (exact) mass is 384 g/mol. The standard InChI is InChI=1S/C19H24N6OS/c1-12-8-9-27-17(12)16(25(3)4)11-20-19(26)22-15-7-5-6-14(10-15)18-21-13(2)23-24-18/h5-10,16H,11H2,1-4H3,(H2,20,22,26)(H,21,23,24). The Hall–Kier alpha value is -2.71. The number of rotatable bonds is 6. The van der Waals surface area contributed by atoms with Gasteiger partial charge in [0.25, 0.3) is 0 Å². The van der Waals surface area contributed by atoms with Crippen LogP contribution >= 0.6 is 11.3 Å². The number of hydrogen-bond donors (Lipinski definition) is 3. The summed E-state index contributed by atoms with van der Waals surface area (Å²) in [6, 6.07) is 9.48.